The largest absolute Gasteiger partial charge is 0.489 e. The van der Waals surface area contributed by atoms with E-state index in [0.717, 1.165) is 16.6 Å². The molecule has 0 atom stereocenters. The third kappa shape index (κ3) is 3.59. The Morgan fingerprint density at radius 1 is 0.923 bits per heavy atom. The Labute approximate surface area is 149 Å². The molecule has 1 N–H and O–H groups in total. The summed E-state index contributed by atoms with van der Waals surface area (Å²) < 4.78 is 18.7. The number of halogens is 1. The molecule has 0 saturated heterocycles. The molecule has 0 aliphatic carbocycles. The molecule has 0 radical (unpaired) electrons. The highest BCUT2D eigenvalue weighted by atomic mass is 19.1. The van der Waals surface area contributed by atoms with E-state index in [1.165, 1.54) is 18.5 Å². The Morgan fingerprint density at radius 2 is 1.81 bits per heavy atom. The summed E-state index contributed by atoms with van der Waals surface area (Å²) in [6, 6.07) is 17.6. The van der Waals surface area contributed by atoms with Crippen molar-refractivity contribution in [3.63, 3.8) is 0 Å². The van der Waals surface area contributed by atoms with Crippen molar-refractivity contribution >= 4 is 22.5 Å². The second-order valence-corrected chi connectivity index (χ2v) is 5.66. The van der Waals surface area contributed by atoms with Crippen LogP contribution >= 0.6 is 0 Å². The summed E-state index contributed by atoms with van der Waals surface area (Å²) in [6.07, 6.45) is 3.18. The number of fused-ring (bicyclic) bond motifs is 1. The van der Waals surface area contributed by atoms with Crippen LogP contribution < -0.4 is 10.1 Å². The Kier molecular flexibility index (Phi) is 4.38. The minimum Gasteiger partial charge on any atom is -0.489 e. The molecule has 4 aromatic rings. The van der Waals surface area contributed by atoms with Crippen LogP contribution in [0.25, 0.3) is 11.0 Å². The average Bonchev–Trinajstić information content (AvgIpc) is 2.68. The molecule has 2 heterocycles. The Bertz CT molecular complexity index is 1030. The van der Waals surface area contributed by atoms with E-state index in [-0.39, 0.29) is 5.82 Å². The molecule has 0 saturated carbocycles. The minimum atomic E-state index is -0.258. The second-order valence-electron chi connectivity index (χ2n) is 5.66. The van der Waals surface area contributed by atoms with Crippen molar-refractivity contribution in [2.24, 2.45) is 0 Å². The molecule has 128 valence electrons. The number of rotatable bonds is 5. The fourth-order valence-electron chi connectivity index (χ4n) is 2.54. The summed E-state index contributed by atoms with van der Waals surface area (Å²) in [7, 11) is 0. The van der Waals surface area contributed by atoms with E-state index >= 15 is 0 Å². The van der Waals surface area contributed by atoms with E-state index < -0.39 is 0 Å². The van der Waals surface area contributed by atoms with Gasteiger partial charge in [-0.3, -0.25) is 0 Å². The number of nitrogens with zero attached hydrogens (tertiary/aromatic N) is 3. The summed E-state index contributed by atoms with van der Waals surface area (Å²) in [5, 5.41) is 4.11. The fraction of sp³-hybridized carbons (Fsp3) is 0.0500. The normalized spacial score (nSPS) is 10.7. The van der Waals surface area contributed by atoms with E-state index in [0.29, 0.717) is 23.8 Å². The highest BCUT2D eigenvalue weighted by Gasteiger charge is 2.05. The van der Waals surface area contributed by atoms with Crippen LogP contribution in [0.1, 0.15) is 5.56 Å². The summed E-state index contributed by atoms with van der Waals surface area (Å²) in [4.78, 5) is 12.7. The summed E-state index contributed by atoms with van der Waals surface area (Å²) in [5.74, 6) is 1.13. The molecule has 0 aliphatic rings. The molecule has 0 aliphatic heterocycles. The maximum atomic E-state index is 13.0. The number of benzene rings is 2. The number of hydrogen-bond acceptors (Lipinski definition) is 5. The number of aromatic nitrogens is 3. The van der Waals surface area contributed by atoms with Crippen molar-refractivity contribution in [2.45, 2.75) is 6.61 Å². The van der Waals surface area contributed by atoms with Gasteiger partial charge in [0.25, 0.3) is 0 Å². The molecule has 2 aromatic carbocycles. The quantitative estimate of drug-likeness (QED) is 0.577. The van der Waals surface area contributed by atoms with Crippen molar-refractivity contribution in [1.29, 1.82) is 0 Å². The monoisotopic (exact) mass is 346 g/mol. The predicted octanol–water partition coefficient (Wildman–Crippen LogP) is 4.49. The van der Waals surface area contributed by atoms with Gasteiger partial charge in [0, 0.05) is 18.0 Å². The van der Waals surface area contributed by atoms with Crippen LogP contribution in [0, 0.1) is 5.82 Å². The van der Waals surface area contributed by atoms with E-state index in [9.17, 15) is 4.39 Å². The van der Waals surface area contributed by atoms with Crippen LogP contribution in [-0.4, -0.2) is 15.0 Å². The Balaban J connectivity index is 1.51. The van der Waals surface area contributed by atoms with Crippen molar-refractivity contribution in [1.82, 2.24) is 15.0 Å². The van der Waals surface area contributed by atoms with Gasteiger partial charge in [-0.15, -0.1) is 0 Å². The third-order valence-electron chi connectivity index (χ3n) is 3.82. The highest BCUT2D eigenvalue weighted by Crippen LogP contribution is 2.24. The molecule has 4 rings (SSSR count). The average molecular weight is 346 g/mol. The molecular weight excluding hydrogens is 331 g/mol. The van der Waals surface area contributed by atoms with Crippen LogP contribution in [0.5, 0.6) is 5.75 Å². The van der Waals surface area contributed by atoms with Gasteiger partial charge in [-0.25, -0.2) is 19.3 Å². The summed E-state index contributed by atoms with van der Waals surface area (Å²) >= 11 is 0. The van der Waals surface area contributed by atoms with Gasteiger partial charge >= 0.3 is 0 Å². The van der Waals surface area contributed by atoms with Gasteiger partial charge in [0.05, 0.1) is 5.39 Å². The van der Waals surface area contributed by atoms with Crippen molar-refractivity contribution < 1.29 is 9.13 Å². The Morgan fingerprint density at radius 3 is 2.69 bits per heavy atom. The molecule has 5 nitrogen and oxygen atoms in total. The van der Waals surface area contributed by atoms with Crippen LogP contribution in [0.4, 0.5) is 15.9 Å². The lowest BCUT2D eigenvalue weighted by molar-refractivity contribution is 0.306. The third-order valence-corrected chi connectivity index (χ3v) is 3.82. The van der Waals surface area contributed by atoms with Crippen molar-refractivity contribution in [3.8, 4) is 5.75 Å². The number of nitrogens with one attached hydrogen (secondary N) is 1. The zero-order valence-electron chi connectivity index (χ0n) is 13.8. The second kappa shape index (κ2) is 7.14. The molecule has 26 heavy (non-hydrogen) atoms. The van der Waals surface area contributed by atoms with E-state index in [1.807, 2.05) is 36.4 Å². The highest BCUT2D eigenvalue weighted by molar-refractivity contribution is 5.88. The number of pyridine rings is 1. The van der Waals surface area contributed by atoms with Gasteiger partial charge in [0.1, 0.15) is 30.3 Å². The van der Waals surface area contributed by atoms with Gasteiger partial charge < -0.3 is 10.1 Å². The molecule has 0 spiro atoms. The first kappa shape index (κ1) is 16.0. The number of hydrogen-bond donors (Lipinski definition) is 1. The van der Waals surface area contributed by atoms with E-state index in [1.54, 1.807) is 18.3 Å². The van der Waals surface area contributed by atoms with Gasteiger partial charge in [-0.1, -0.05) is 18.2 Å². The zero-order valence-corrected chi connectivity index (χ0v) is 13.8. The maximum absolute atomic E-state index is 13.0. The SMILES string of the molecule is Fc1ccc(COc2cccc(Nc3ncnc4ncccc34)c2)cc1. The number of anilines is 2. The zero-order chi connectivity index (χ0) is 17.8. The van der Waals surface area contributed by atoms with Gasteiger partial charge in [-0.05, 0) is 42.0 Å². The molecule has 0 bridgehead atoms. The van der Waals surface area contributed by atoms with Crippen LogP contribution in [-0.2, 0) is 6.61 Å². The molecular formula is C20H15FN4O. The first-order valence-electron chi connectivity index (χ1n) is 8.08. The van der Waals surface area contributed by atoms with Crippen molar-refractivity contribution in [2.75, 3.05) is 5.32 Å². The van der Waals surface area contributed by atoms with Crippen LogP contribution in [0.2, 0.25) is 0 Å². The lowest BCUT2D eigenvalue weighted by Crippen LogP contribution is -1.98. The lowest BCUT2D eigenvalue weighted by atomic mass is 10.2. The van der Waals surface area contributed by atoms with Crippen molar-refractivity contribution in [3.05, 3.63) is 84.6 Å². The standard InChI is InChI=1S/C20H15FN4O/c21-15-8-6-14(7-9-15)12-26-17-4-1-3-16(11-17)25-20-18-5-2-10-22-19(18)23-13-24-20/h1-11,13H,12H2,(H,22,23,24,25). The van der Waals surface area contributed by atoms with Gasteiger partial charge in [0.15, 0.2) is 5.65 Å². The first-order chi connectivity index (χ1) is 12.8. The van der Waals surface area contributed by atoms with Gasteiger partial charge in [0.2, 0.25) is 0 Å². The number of ether oxygens (including phenoxy) is 1. The van der Waals surface area contributed by atoms with E-state index in [4.69, 9.17) is 4.74 Å². The predicted molar refractivity (Wildman–Crippen MR) is 97.8 cm³/mol. The molecule has 0 fully saturated rings. The Hall–Kier alpha value is -3.54. The molecule has 6 heteroatoms. The maximum Gasteiger partial charge on any atom is 0.164 e. The van der Waals surface area contributed by atoms with Crippen LogP contribution in [0.15, 0.2) is 73.2 Å². The molecule has 0 unspecified atom stereocenters. The first-order valence-corrected chi connectivity index (χ1v) is 8.08. The van der Waals surface area contributed by atoms with E-state index in [2.05, 4.69) is 20.3 Å². The van der Waals surface area contributed by atoms with Gasteiger partial charge in [-0.2, -0.15) is 0 Å². The fourth-order valence-corrected chi connectivity index (χ4v) is 2.54. The topological polar surface area (TPSA) is 59.9 Å². The molecule has 0 amide bonds. The minimum absolute atomic E-state index is 0.258. The molecule has 2 aromatic heterocycles. The summed E-state index contributed by atoms with van der Waals surface area (Å²) in [6.45, 7) is 0.365. The lowest BCUT2D eigenvalue weighted by Gasteiger charge is -2.10. The summed E-state index contributed by atoms with van der Waals surface area (Å²) in [5.41, 5.74) is 2.37. The van der Waals surface area contributed by atoms with Crippen LogP contribution in [0.3, 0.4) is 0 Å². The smallest absolute Gasteiger partial charge is 0.164 e.